The van der Waals surface area contributed by atoms with E-state index in [-0.39, 0.29) is 17.2 Å². The number of aliphatic carboxylic acids is 1. The summed E-state index contributed by atoms with van der Waals surface area (Å²) in [6.45, 7) is 3.68. The highest BCUT2D eigenvalue weighted by atomic mass is 32.2. The molecule has 2 N–H and O–H groups in total. The molecular formula is C10H19NO4S. The van der Waals surface area contributed by atoms with E-state index in [0.717, 1.165) is 0 Å². The van der Waals surface area contributed by atoms with Gasteiger partial charge in [-0.3, -0.25) is 4.79 Å². The van der Waals surface area contributed by atoms with Gasteiger partial charge in [-0.1, -0.05) is 13.8 Å². The third-order valence-corrected chi connectivity index (χ3v) is 5.37. The van der Waals surface area contributed by atoms with Crippen LogP contribution in [0.4, 0.5) is 0 Å². The van der Waals surface area contributed by atoms with E-state index >= 15 is 0 Å². The molecule has 0 spiro atoms. The molecule has 1 aliphatic rings. The summed E-state index contributed by atoms with van der Waals surface area (Å²) < 4.78 is 26.2. The van der Waals surface area contributed by atoms with Gasteiger partial charge >= 0.3 is 5.97 Å². The van der Waals surface area contributed by atoms with Crippen molar-refractivity contribution >= 4 is 16.0 Å². The van der Waals surface area contributed by atoms with E-state index in [9.17, 15) is 13.2 Å². The molecule has 1 saturated carbocycles. The Balaban J connectivity index is 2.47. The Morgan fingerprint density at radius 3 is 2.25 bits per heavy atom. The number of hydrogen-bond acceptors (Lipinski definition) is 3. The van der Waals surface area contributed by atoms with Crippen LogP contribution in [0.25, 0.3) is 0 Å². The maximum atomic E-state index is 11.8. The lowest BCUT2D eigenvalue weighted by Gasteiger charge is -2.33. The molecule has 5 nitrogen and oxygen atoms in total. The van der Waals surface area contributed by atoms with Gasteiger partial charge < -0.3 is 5.11 Å². The Bertz CT molecular complexity index is 342. The van der Waals surface area contributed by atoms with Crippen LogP contribution in [0.5, 0.6) is 0 Å². The van der Waals surface area contributed by atoms with Crippen LogP contribution in [0.1, 0.15) is 39.5 Å². The van der Waals surface area contributed by atoms with Crippen molar-refractivity contribution in [2.24, 2.45) is 5.92 Å². The number of carboxylic acids is 1. The van der Waals surface area contributed by atoms with Crippen molar-refractivity contribution in [2.75, 3.05) is 0 Å². The van der Waals surface area contributed by atoms with Crippen molar-refractivity contribution in [1.82, 2.24) is 4.72 Å². The fourth-order valence-electron chi connectivity index (χ4n) is 1.97. The van der Waals surface area contributed by atoms with Crippen LogP contribution in [-0.4, -0.2) is 30.8 Å². The van der Waals surface area contributed by atoms with E-state index in [0.29, 0.717) is 25.7 Å². The highest BCUT2D eigenvalue weighted by Crippen LogP contribution is 2.28. The quantitative estimate of drug-likeness (QED) is 0.734. The molecule has 6 heteroatoms. The second-order valence-corrected chi connectivity index (χ2v) is 6.30. The summed E-state index contributed by atoms with van der Waals surface area (Å²) in [7, 11) is -3.27. The van der Waals surface area contributed by atoms with Crippen LogP contribution in [0.15, 0.2) is 0 Å². The molecule has 0 atom stereocenters. The van der Waals surface area contributed by atoms with Crippen LogP contribution >= 0.6 is 0 Å². The smallest absolute Gasteiger partial charge is 0.306 e. The number of rotatable bonds is 6. The number of carbonyl (C=O) groups is 1. The fourth-order valence-corrected chi connectivity index (χ4v) is 3.70. The molecule has 0 unspecified atom stereocenters. The minimum Gasteiger partial charge on any atom is -0.481 e. The highest BCUT2D eigenvalue weighted by Gasteiger charge is 2.37. The van der Waals surface area contributed by atoms with Crippen molar-refractivity contribution in [3.05, 3.63) is 0 Å². The molecule has 0 bridgehead atoms. The zero-order valence-corrected chi connectivity index (χ0v) is 10.5. The molecule has 0 aromatic rings. The van der Waals surface area contributed by atoms with Gasteiger partial charge in [-0.2, -0.15) is 0 Å². The monoisotopic (exact) mass is 249 g/mol. The molecule has 0 saturated heterocycles. The Hall–Kier alpha value is -0.620. The topological polar surface area (TPSA) is 83.5 Å². The summed E-state index contributed by atoms with van der Waals surface area (Å²) in [4.78, 5) is 10.6. The standard InChI is InChI=1S/C10H19NO4S/c1-3-9(4-2)16(14,15)11-8-5-7(6-8)10(12)13/h7-9,11H,3-6H2,1-2H3,(H,12,13). The molecule has 0 amide bonds. The van der Waals surface area contributed by atoms with Crippen molar-refractivity contribution in [2.45, 2.75) is 50.8 Å². The van der Waals surface area contributed by atoms with Crippen molar-refractivity contribution in [3.63, 3.8) is 0 Å². The van der Waals surface area contributed by atoms with Gasteiger partial charge in [-0.25, -0.2) is 13.1 Å². The van der Waals surface area contributed by atoms with E-state index in [1.54, 1.807) is 0 Å². The van der Waals surface area contributed by atoms with E-state index < -0.39 is 16.0 Å². The van der Waals surface area contributed by atoms with Gasteiger partial charge in [0.05, 0.1) is 11.2 Å². The molecule has 1 aliphatic carbocycles. The van der Waals surface area contributed by atoms with Crippen LogP contribution < -0.4 is 4.72 Å². The van der Waals surface area contributed by atoms with Gasteiger partial charge in [-0.15, -0.1) is 0 Å². The van der Waals surface area contributed by atoms with Crippen LogP contribution in [-0.2, 0) is 14.8 Å². The molecule has 16 heavy (non-hydrogen) atoms. The minimum atomic E-state index is -3.27. The SMILES string of the molecule is CCC(CC)S(=O)(=O)NC1CC(C(=O)O)C1. The van der Waals surface area contributed by atoms with E-state index in [4.69, 9.17) is 5.11 Å². The average Bonchev–Trinajstić information content (AvgIpc) is 2.11. The maximum absolute atomic E-state index is 11.8. The summed E-state index contributed by atoms with van der Waals surface area (Å²) in [6.07, 6.45) is 1.99. The predicted octanol–water partition coefficient (Wildman–Crippen LogP) is 0.958. The van der Waals surface area contributed by atoms with Crippen molar-refractivity contribution < 1.29 is 18.3 Å². The predicted molar refractivity (Wildman–Crippen MR) is 60.6 cm³/mol. The van der Waals surface area contributed by atoms with Gasteiger partial charge in [0, 0.05) is 6.04 Å². The first-order valence-electron chi connectivity index (χ1n) is 5.64. The molecule has 1 fully saturated rings. The lowest BCUT2D eigenvalue weighted by Crippen LogP contribution is -2.49. The lowest BCUT2D eigenvalue weighted by molar-refractivity contribution is -0.145. The summed E-state index contributed by atoms with van der Waals surface area (Å²) in [6, 6.07) is -0.188. The zero-order chi connectivity index (χ0) is 12.3. The third-order valence-electron chi connectivity index (χ3n) is 3.17. The normalized spacial score (nSPS) is 25.4. The number of nitrogens with one attached hydrogen (secondary N) is 1. The van der Waals surface area contributed by atoms with Gasteiger partial charge in [-0.05, 0) is 25.7 Å². The molecule has 0 aromatic carbocycles. The highest BCUT2D eigenvalue weighted by molar-refractivity contribution is 7.90. The summed E-state index contributed by atoms with van der Waals surface area (Å²) in [5, 5.41) is 8.31. The molecule has 1 rings (SSSR count). The first kappa shape index (κ1) is 13.4. The maximum Gasteiger partial charge on any atom is 0.306 e. The molecule has 0 aromatic heterocycles. The van der Waals surface area contributed by atoms with Gasteiger partial charge in [0.25, 0.3) is 0 Å². The van der Waals surface area contributed by atoms with Gasteiger partial charge in [0.15, 0.2) is 0 Å². The Morgan fingerprint density at radius 1 is 1.38 bits per heavy atom. The lowest BCUT2D eigenvalue weighted by atomic mass is 9.81. The van der Waals surface area contributed by atoms with Crippen LogP contribution in [0.3, 0.4) is 0 Å². The number of sulfonamides is 1. The zero-order valence-electron chi connectivity index (χ0n) is 9.64. The van der Waals surface area contributed by atoms with E-state index in [1.807, 2.05) is 13.8 Å². The van der Waals surface area contributed by atoms with E-state index in [2.05, 4.69) is 4.72 Å². The first-order chi connectivity index (χ1) is 7.40. The summed E-state index contributed by atoms with van der Waals surface area (Å²) in [5.74, 6) is -1.22. The summed E-state index contributed by atoms with van der Waals surface area (Å²) >= 11 is 0. The van der Waals surface area contributed by atoms with Gasteiger partial charge in [0.1, 0.15) is 0 Å². The van der Waals surface area contributed by atoms with Crippen LogP contribution in [0.2, 0.25) is 0 Å². The van der Waals surface area contributed by atoms with E-state index in [1.165, 1.54) is 0 Å². The van der Waals surface area contributed by atoms with Gasteiger partial charge in [0.2, 0.25) is 10.0 Å². The molecule has 94 valence electrons. The average molecular weight is 249 g/mol. The second kappa shape index (κ2) is 5.14. The molecular weight excluding hydrogens is 230 g/mol. The Morgan fingerprint density at radius 2 is 1.88 bits per heavy atom. The fraction of sp³-hybridized carbons (Fsp3) is 0.900. The first-order valence-corrected chi connectivity index (χ1v) is 7.19. The number of hydrogen-bond donors (Lipinski definition) is 2. The largest absolute Gasteiger partial charge is 0.481 e. The second-order valence-electron chi connectivity index (χ2n) is 4.30. The van der Waals surface area contributed by atoms with Crippen molar-refractivity contribution in [1.29, 1.82) is 0 Å². The molecule has 0 radical (unpaired) electrons. The number of carboxylic acid groups (broad SMARTS) is 1. The third kappa shape index (κ3) is 2.95. The Labute approximate surface area is 96.3 Å². The Kier molecular flexibility index (Phi) is 4.32. The van der Waals surface area contributed by atoms with Crippen molar-refractivity contribution in [3.8, 4) is 0 Å². The summed E-state index contributed by atoms with van der Waals surface area (Å²) in [5.41, 5.74) is 0. The van der Waals surface area contributed by atoms with Crippen LogP contribution in [0, 0.1) is 5.92 Å². The minimum absolute atomic E-state index is 0.188. The molecule has 0 heterocycles. The molecule has 0 aliphatic heterocycles.